The molecule has 88 valence electrons. The van der Waals surface area contributed by atoms with E-state index in [-0.39, 0.29) is 5.60 Å². The van der Waals surface area contributed by atoms with Crippen LogP contribution in [-0.4, -0.2) is 16.6 Å². The van der Waals surface area contributed by atoms with Gasteiger partial charge in [0.25, 0.3) is 0 Å². The smallest absolute Gasteiger partial charge is 0.0771 e. The second-order valence-corrected chi connectivity index (χ2v) is 6.27. The quantitative estimate of drug-likeness (QED) is 0.545. The molecular weight excluding hydrogens is 299 g/mol. The lowest BCUT2D eigenvalue weighted by Crippen LogP contribution is -2.34. The molecule has 1 atom stereocenters. The normalized spacial score (nSPS) is 27.6. The highest BCUT2D eigenvalue weighted by Gasteiger charge is 2.35. The van der Waals surface area contributed by atoms with Crippen molar-refractivity contribution in [3.8, 4) is 0 Å². The number of hydrogen-bond donors (Lipinski definition) is 0. The predicted molar refractivity (Wildman–Crippen MR) is 72.5 cm³/mol. The van der Waals surface area contributed by atoms with Crippen LogP contribution in [0.4, 0.5) is 0 Å². The Labute approximate surface area is 107 Å². The number of hydrogen-bond acceptors (Lipinski definition) is 1. The van der Waals surface area contributed by atoms with Crippen LogP contribution in [0.1, 0.15) is 51.9 Å². The van der Waals surface area contributed by atoms with Crippen molar-refractivity contribution in [2.75, 3.05) is 11.0 Å². The van der Waals surface area contributed by atoms with E-state index < -0.39 is 0 Å². The molecule has 1 unspecified atom stereocenters. The highest BCUT2D eigenvalue weighted by molar-refractivity contribution is 14.1. The summed E-state index contributed by atoms with van der Waals surface area (Å²) in [5.41, 5.74) is 0.262. The predicted octanol–water partition coefficient (Wildman–Crippen LogP) is 4.19. The van der Waals surface area contributed by atoms with E-state index in [1.54, 1.807) is 0 Å². The standard InChI is InChI=1S/C13H23IO/c1-11(12-5-4-6-12)9-15-13(10-14)7-2-3-8-13/h11-12H,2-10H2,1H3. The molecule has 0 saturated heterocycles. The first-order valence-corrected chi connectivity index (χ1v) is 7.98. The van der Waals surface area contributed by atoms with Crippen LogP contribution in [-0.2, 0) is 4.74 Å². The van der Waals surface area contributed by atoms with Gasteiger partial charge in [-0.05, 0) is 24.7 Å². The molecule has 0 aromatic heterocycles. The molecule has 2 aliphatic carbocycles. The summed E-state index contributed by atoms with van der Waals surface area (Å²) in [6.07, 6.45) is 9.69. The summed E-state index contributed by atoms with van der Waals surface area (Å²) in [6.45, 7) is 3.38. The van der Waals surface area contributed by atoms with E-state index in [0.29, 0.717) is 0 Å². The van der Waals surface area contributed by atoms with Crippen molar-refractivity contribution in [3.05, 3.63) is 0 Å². The van der Waals surface area contributed by atoms with Gasteiger partial charge in [0.2, 0.25) is 0 Å². The van der Waals surface area contributed by atoms with Gasteiger partial charge in [-0.1, -0.05) is 61.6 Å². The van der Waals surface area contributed by atoms with Gasteiger partial charge in [0.1, 0.15) is 0 Å². The van der Waals surface area contributed by atoms with E-state index in [0.717, 1.165) is 18.4 Å². The van der Waals surface area contributed by atoms with E-state index >= 15 is 0 Å². The topological polar surface area (TPSA) is 9.23 Å². The number of halogens is 1. The maximum atomic E-state index is 6.25. The maximum Gasteiger partial charge on any atom is 0.0771 e. The minimum atomic E-state index is 0.262. The first kappa shape index (κ1) is 12.2. The Bertz CT molecular complexity index is 195. The fourth-order valence-corrected chi connectivity index (χ4v) is 3.77. The molecule has 2 rings (SSSR count). The van der Waals surface area contributed by atoms with Crippen molar-refractivity contribution in [1.29, 1.82) is 0 Å². The third kappa shape index (κ3) is 2.87. The molecule has 0 radical (unpaired) electrons. The molecule has 0 N–H and O–H groups in total. The van der Waals surface area contributed by atoms with E-state index in [1.165, 1.54) is 49.4 Å². The van der Waals surface area contributed by atoms with Crippen LogP contribution >= 0.6 is 22.6 Å². The van der Waals surface area contributed by atoms with Crippen LogP contribution in [0.2, 0.25) is 0 Å². The molecule has 0 spiro atoms. The Morgan fingerprint density at radius 3 is 2.40 bits per heavy atom. The number of alkyl halides is 1. The molecule has 0 aromatic rings. The van der Waals surface area contributed by atoms with Crippen LogP contribution in [0.25, 0.3) is 0 Å². The molecule has 2 aliphatic rings. The minimum absolute atomic E-state index is 0.262. The average Bonchev–Trinajstić information content (AvgIpc) is 2.61. The Kier molecular flexibility index (Phi) is 4.33. The summed E-state index contributed by atoms with van der Waals surface area (Å²) < 4.78 is 7.43. The molecule has 1 nitrogen and oxygen atoms in total. The first-order chi connectivity index (χ1) is 7.26. The fraction of sp³-hybridized carbons (Fsp3) is 1.00. The van der Waals surface area contributed by atoms with Crippen molar-refractivity contribution in [2.45, 2.75) is 57.5 Å². The van der Waals surface area contributed by atoms with Crippen LogP contribution < -0.4 is 0 Å². The highest BCUT2D eigenvalue weighted by Crippen LogP contribution is 2.38. The third-order valence-electron chi connectivity index (χ3n) is 4.37. The van der Waals surface area contributed by atoms with Gasteiger partial charge in [-0.3, -0.25) is 0 Å². The molecule has 2 saturated carbocycles. The van der Waals surface area contributed by atoms with Crippen molar-refractivity contribution >= 4 is 22.6 Å². The Morgan fingerprint density at radius 2 is 1.93 bits per heavy atom. The molecular formula is C13H23IO. The van der Waals surface area contributed by atoms with Crippen molar-refractivity contribution in [2.24, 2.45) is 11.8 Å². The van der Waals surface area contributed by atoms with Crippen molar-refractivity contribution in [3.63, 3.8) is 0 Å². The lowest BCUT2D eigenvalue weighted by atomic mass is 9.77. The van der Waals surface area contributed by atoms with Crippen LogP contribution in [0.5, 0.6) is 0 Å². The fourth-order valence-electron chi connectivity index (χ4n) is 2.79. The van der Waals surface area contributed by atoms with Gasteiger partial charge in [-0.25, -0.2) is 0 Å². The summed E-state index contributed by atoms with van der Waals surface area (Å²) >= 11 is 2.50. The molecule has 0 heterocycles. The summed E-state index contributed by atoms with van der Waals surface area (Å²) in [6, 6.07) is 0. The lowest BCUT2D eigenvalue weighted by Gasteiger charge is -2.35. The van der Waals surface area contributed by atoms with E-state index in [1.807, 2.05) is 0 Å². The van der Waals surface area contributed by atoms with E-state index in [9.17, 15) is 0 Å². The zero-order valence-corrected chi connectivity index (χ0v) is 12.0. The first-order valence-electron chi connectivity index (χ1n) is 6.46. The number of ether oxygens (including phenoxy) is 1. The van der Waals surface area contributed by atoms with Gasteiger partial charge in [0, 0.05) is 4.43 Å². The number of rotatable bonds is 5. The molecule has 0 aliphatic heterocycles. The monoisotopic (exact) mass is 322 g/mol. The van der Waals surface area contributed by atoms with Crippen molar-refractivity contribution in [1.82, 2.24) is 0 Å². The lowest BCUT2D eigenvalue weighted by molar-refractivity contribution is -0.0494. The second-order valence-electron chi connectivity index (χ2n) is 5.50. The van der Waals surface area contributed by atoms with Gasteiger partial charge in [-0.2, -0.15) is 0 Å². The van der Waals surface area contributed by atoms with Gasteiger partial charge in [0.15, 0.2) is 0 Å². The van der Waals surface area contributed by atoms with E-state index in [4.69, 9.17) is 4.74 Å². The molecule has 2 fully saturated rings. The Morgan fingerprint density at radius 1 is 1.27 bits per heavy atom. The summed E-state index contributed by atoms with van der Waals surface area (Å²) in [7, 11) is 0. The Hall–Kier alpha value is 0.690. The average molecular weight is 322 g/mol. The van der Waals surface area contributed by atoms with Gasteiger partial charge in [-0.15, -0.1) is 0 Å². The minimum Gasteiger partial charge on any atom is -0.374 e. The van der Waals surface area contributed by atoms with Gasteiger partial charge >= 0.3 is 0 Å². The zero-order valence-electron chi connectivity index (χ0n) is 9.80. The van der Waals surface area contributed by atoms with Gasteiger partial charge < -0.3 is 4.74 Å². The Balaban J connectivity index is 1.75. The summed E-state index contributed by atoms with van der Waals surface area (Å²) in [5.74, 6) is 1.76. The van der Waals surface area contributed by atoms with Crippen LogP contribution in [0.3, 0.4) is 0 Å². The molecule has 2 heteroatoms. The summed E-state index contributed by atoms with van der Waals surface area (Å²) in [4.78, 5) is 0. The SMILES string of the molecule is CC(COC1(CI)CCCC1)C1CCC1. The molecule has 0 aromatic carbocycles. The maximum absolute atomic E-state index is 6.25. The van der Waals surface area contributed by atoms with Crippen molar-refractivity contribution < 1.29 is 4.74 Å². The zero-order chi connectivity index (χ0) is 10.7. The van der Waals surface area contributed by atoms with Crippen LogP contribution in [0, 0.1) is 11.8 Å². The third-order valence-corrected chi connectivity index (χ3v) is 5.76. The molecule has 0 bridgehead atoms. The molecule has 15 heavy (non-hydrogen) atoms. The highest BCUT2D eigenvalue weighted by atomic mass is 127. The van der Waals surface area contributed by atoms with Gasteiger partial charge in [0.05, 0.1) is 12.2 Å². The van der Waals surface area contributed by atoms with E-state index in [2.05, 4.69) is 29.5 Å². The second kappa shape index (κ2) is 5.35. The molecule has 0 amide bonds. The summed E-state index contributed by atoms with van der Waals surface area (Å²) in [5, 5.41) is 0. The van der Waals surface area contributed by atoms with Crippen LogP contribution in [0.15, 0.2) is 0 Å². The largest absolute Gasteiger partial charge is 0.374 e.